The summed E-state index contributed by atoms with van der Waals surface area (Å²) in [5.74, 6) is 1.90. The zero-order valence-electron chi connectivity index (χ0n) is 9.58. The van der Waals surface area contributed by atoms with Crippen LogP contribution in [0.2, 0.25) is 0 Å². The molecule has 0 aromatic heterocycles. The number of nitrogens with one attached hydrogen (secondary N) is 1. The molecule has 1 rings (SSSR count). The van der Waals surface area contributed by atoms with Crippen LogP contribution in [-0.4, -0.2) is 5.87 Å². The third kappa shape index (κ3) is 1.56. The molecule has 1 aromatic rings. The van der Waals surface area contributed by atoms with Crippen molar-refractivity contribution in [3.8, 4) is 0 Å². The van der Waals surface area contributed by atoms with Crippen molar-refractivity contribution in [2.75, 3.05) is 0 Å². The molecular formula is C8H7N. The first-order valence-corrected chi connectivity index (χ1v) is 2.33. The Kier molecular flexibility index (Phi) is 0.674. The minimum absolute atomic E-state index is 0.00833. The molecule has 0 aliphatic rings. The lowest BCUT2D eigenvalue weighted by Crippen LogP contribution is -1.66. The molecular weight excluding hydrogens is 110 g/mol. The van der Waals surface area contributed by atoms with Gasteiger partial charge in [0.1, 0.15) is 0 Å². The lowest BCUT2D eigenvalue weighted by molar-refractivity contribution is 1.59. The summed E-state index contributed by atoms with van der Waals surface area (Å²) < 4.78 is 36.7. The lowest BCUT2D eigenvalue weighted by Gasteiger charge is -1.84. The SMILES string of the molecule is [2H]c1c([2H])c([2H])c(C=C=N)c([2H])c1[2H]. The van der Waals surface area contributed by atoms with Crippen LogP contribution in [0.5, 0.6) is 0 Å². The maximum Gasteiger partial charge on any atom is 0.0629 e. The summed E-state index contributed by atoms with van der Waals surface area (Å²) in [6.45, 7) is 0. The summed E-state index contributed by atoms with van der Waals surface area (Å²) >= 11 is 0. The molecule has 0 radical (unpaired) electrons. The van der Waals surface area contributed by atoms with E-state index in [1.807, 2.05) is 5.87 Å². The highest BCUT2D eigenvalue weighted by Crippen LogP contribution is 1.97. The molecule has 0 unspecified atom stereocenters. The van der Waals surface area contributed by atoms with Gasteiger partial charge in [-0.15, -0.1) is 0 Å². The lowest BCUT2D eigenvalue weighted by atomic mass is 10.2. The van der Waals surface area contributed by atoms with Crippen LogP contribution in [0.25, 0.3) is 6.08 Å². The largest absolute Gasteiger partial charge is 0.259 e. The van der Waals surface area contributed by atoms with Crippen LogP contribution in [0.4, 0.5) is 0 Å². The van der Waals surface area contributed by atoms with Gasteiger partial charge in [0.15, 0.2) is 0 Å². The van der Waals surface area contributed by atoms with Gasteiger partial charge in [-0.1, -0.05) is 30.2 Å². The third-order valence-corrected chi connectivity index (χ3v) is 0.736. The summed E-state index contributed by atoms with van der Waals surface area (Å²) in [7, 11) is 0. The van der Waals surface area contributed by atoms with E-state index in [0.717, 1.165) is 6.08 Å². The molecule has 0 aliphatic heterocycles. The van der Waals surface area contributed by atoms with Crippen LogP contribution in [0.15, 0.2) is 30.2 Å². The Bertz CT molecular complexity index is 405. The quantitative estimate of drug-likeness (QED) is 0.550. The van der Waals surface area contributed by atoms with Gasteiger partial charge in [0.05, 0.1) is 6.85 Å². The van der Waals surface area contributed by atoms with E-state index < -0.39 is 18.1 Å². The second-order valence-corrected chi connectivity index (χ2v) is 1.33. The fraction of sp³-hybridized carbons (Fsp3) is 0. The minimum atomic E-state index is -0.429. The Hall–Kier alpha value is -1.33. The van der Waals surface area contributed by atoms with E-state index in [-0.39, 0.29) is 17.6 Å². The fourth-order valence-electron chi connectivity index (χ4n) is 0.404. The molecule has 0 atom stereocenters. The van der Waals surface area contributed by atoms with Crippen LogP contribution in [0.3, 0.4) is 0 Å². The molecule has 0 saturated carbocycles. The molecule has 0 heterocycles. The Labute approximate surface area is 61.2 Å². The predicted molar refractivity (Wildman–Crippen MR) is 38.6 cm³/mol. The van der Waals surface area contributed by atoms with Gasteiger partial charge in [0.25, 0.3) is 0 Å². The molecule has 1 aromatic carbocycles. The van der Waals surface area contributed by atoms with Crippen molar-refractivity contribution < 1.29 is 6.85 Å². The number of hydrogen-bond acceptors (Lipinski definition) is 1. The van der Waals surface area contributed by atoms with Crippen LogP contribution in [0, 0.1) is 5.41 Å². The van der Waals surface area contributed by atoms with E-state index in [1.165, 1.54) is 0 Å². The van der Waals surface area contributed by atoms with Gasteiger partial charge in [-0.25, -0.2) is 0 Å². The molecule has 0 spiro atoms. The Morgan fingerprint density at radius 2 is 2.11 bits per heavy atom. The first-order valence-electron chi connectivity index (χ1n) is 4.83. The predicted octanol–water partition coefficient (Wildman–Crippen LogP) is 1.95. The van der Waals surface area contributed by atoms with Gasteiger partial charge in [-0.2, -0.15) is 0 Å². The van der Waals surface area contributed by atoms with Gasteiger partial charge in [-0.05, 0) is 11.4 Å². The maximum absolute atomic E-state index is 7.41. The van der Waals surface area contributed by atoms with Crippen molar-refractivity contribution in [2.24, 2.45) is 0 Å². The highest BCUT2D eigenvalue weighted by molar-refractivity contribution is 5.75. The molecule has 44 valence electrons. The van der Waals surface area contributed by atoms with Gasteiger partial charge in [-0.3, -0.25) is 5.41 Å². The van der Waals surface area contributed by atoms with Crippen LogP contribution < -0.4 is 0 Å². The average molecular weight is 122 g/mol. The maximum atomic E-state index is 7.41. The smallest absolute Gasteiger partial charge is 0.0629 e. The molecule has 0 saturated heterocycles. The first-order chi connectivity index (χ1) is 6.50. The van der Waals surface area contributed by atoms with E-state index in [0.29, 0.717) is 0 Å². The molecule has 1 N–H and O–H groups in total. The Morgan fingerprint density at radius 1 is 1.44 bits per heavy atom. The second-order valence-electron chi connectivity index (χ2n) is 1.33. The standard InChI is InChI=1S/C8H7N/c9-7-6-8-4-2-1-3-5-8/h1-6,9H/i1D,2D,3D,4D,5D. The van der Waals surface area contributed by atoms with Crippen LogP contribution in [-0.2, 0) is 0 Å². The molecule has 0 aliphatic carbocycles. The Balaban J connectivity index is 3.67. The van der Waals surface area contributed by atoms with Crippen molar-refractivity contribution in [3.63, 3.8) is 0 Å². The van der Waals surface area contributed by atoms with Crippen molar-refractivity contribution in [2.45, 2.75) is 0 Å². The zero-order valence-corrected chi connectivity index (χ0v) is 4.58. The van der Waals surface area contributed by atoms with Crippen LogP contribution >= 0.6 is 0 Å². The first kappa shape index (κ1) is 2.13. The summed E-state index contributed by atoms with van der Waals surface area (Å²) in [6.07, 6.45) is 1.06. The zero-order chi connectivity index (χ0) is 10.9. The second kappa shape index (κ2) is 2.85. The van der Waals surface area contributed by atoms with E-state index in [4.69, 9.17) is 12.3 Å². The van der Waals surface area contributed by atoms with E-state index >= 15 is 0 Å². The van der Waals surface area contributed by atoms with Crippen LogP contribution in [0.1, 0.15) is 12.4 Å². The highest BCUT2D eigenvalue weighted by atomic mass is 14.3. The monoisotopic (exact) mass is 122 g/mol. The summed E-state index contributed by atoms with van der Waals surface area (Å²) in [5, 5.41) is 6.69. The number of benzene rings is 1. The summed E-state index contributed by atoms with van der Waals surface area (Å²) in [5.41, 5.74) is -0.00833. The van der Waals surface area contributed by atoms with E-state index in [9.17, 15) is 0 Å². The van der Waals surface area contributed by atoms with Gasteiger partial charge < -0.3 is 0 Å². The summed E-state index contributed by atoms with van der Waals surface area (Å²) in [6, 6.07) is -1.84. The topological polar surface area (TPSA) is 23.9 Å². The normalized spacial score (nSPS) is 15.8. The van der Waals surface area contributed by atoms with Crippen molar-refractivity contribution >= 4 is 11.9 Å². The van der Waals surface area contributed by atoms with E-state index in [1.54, 1.807) is 0 Å². The summed E-state index contributed by atoms with van der Waals surface area (Å²) in [4.78, 5) is 0. The van der Waals surface area contributed by atoms with Gasteiger partial charge in [0.2, 0.25) is 0 Å². The molecule has 0 amide bonds. The van der Waals surface area contributed by atoms with Crippen molar-refractivity contribution in [1.29, 1.82) is 5.41 Å². The fourth-order valence-corrected chi connectivity index (χ4v) is 0.404. The highest BCUT2D eigenvalue weighted by Gasteiger charge is 1.77. The van der Waals surface area contributed by atoms with Gasteiger partial charge >= 0.3 is 0 Å². The Morgan fingerprint density at radius 3 is 2.67 bits per heavy atom. The molecule has 1 nitrogen and oxygen atoms in total. The van der Waals surface area contributed by atoms with Gasteiger partial charge in [0, 0.05) is 6.08 Å². The number of hydrogen-bond donors (Lipinski definition) is 1. The number of rotatable bonds is 1. The molecule has 9 heavy (non-hydrogen) atoms. The third-order valence-electron chi connectivity index (χ3n) is 0.736. The molecule has 1 heteroatoms. The van der Waals surface area contributed by atoms with E-state index in [2.05, 4.69) is 0 Å². The molecule has 0 fully saturated rings. The van der Waals surface area contributed by atoms with Crippen molar-refractivity contribution in [1.82, 2.24) is 0 Å². The van der Waals surface area contributed by atoms with Crippen molar-refractivity contribution in [3.05, 3.63) is 35.8 Å². The average Bonchev–Trinajstić information content (AvgIpc) is 2.19. The minimum Gasteiger partial charge on any atom is -0.259 e. The molecule has 0 bridgehead atoms.